The summed E-state index contributed by atoms with van der Waals surface area (Å²) in [5.74, 6) is 0.549. The van der Waals surface area contributed by atoms with E-state index in [1.165, 1.54) is 37.7 Å². The lowest BCUT2D eigenvalue weighted by atomic mass is 9.90. The van der Waals surface area contributed by atoms with Crippen molar-refractivity contribution in [1.82, 2.24) is 0 Å². The molecule has 1 aromatic carbocycles. The summed E-state index contributed by atoms with van der Waals surface area (Å²) in [6, 6.07) is 10.2. The molecule has 82 valence electrons. The Hall–Kier alpha value is -1.55. The predicted molar refractivity (Wildman–Crippen MR) is 66.1 cm³/mol. The molecule has 1 atom stereocenters. The third kappa shape index (κ3) is 2.73. The van der Waals surface area contributed by atoms with Gasteiger partial charge in [0.1, 0.15) is 0 Å². The molecule has 0 bridgehead atoms. The summed E-state index contributed by atoms with van der Waals surface area (Å²) in [5, 5.41) is 8.76. The van der Waals surface area contributed by atoms with E-state index in [0.717, 1.165) is 5.56 Å². The van der Waals surface area contributed by atoms with Crippen LogP contribution in [0.25, 0.3) is 0 Å². The SMILES string of the molecule is N#Cc1ccc(C2/C=C\CCCCC2)cc1. The number of hydrogen-bond acceptors (Lipinski definition) is 1. The van der Waals surface area contributed by atoms with Crippen LogP contribution in [0.1, 0.15) is 49.1 Å². The van der Waals surface area contributed by atoms with Crippen LogP contribution in [-0.4, -0.2) is 0 Å². The third-order valence-corrected chi connectivity index (χ3v) is 3.22. The van der Waals surface area contributed by atoms with Crippen molar-refractivity contribution < 1.29 is 0 Å². The van der Waals surface area contributed by atoms with E-state index in [1.54, 1.807) is 0 Å². The molecule has 1 aromatic rings. The van der Waals surface area contributed by atoms with Gasteiger partial charge in [-0.05, 0) is 37.0 Å². The van der Waals surface area contributed by atoms with Gasteiger partial charge >= 0.3 is 0 Å². The molecule has 16 heavy (non-hydrogen) atoms. The zero-order valence-corrected chi connectivity index (χ0v) is 9.52. The largest absolute Gasteiger partial charge is 0.192 e. The second-order valence-corrected chi connectivity index (χ2v) is 4.41. The summed E-state index contributed by atoms with van der Waals surface area (Å²) in [7, 11) is 0. The molecule has 1 nitrogen and oxygen atoms in total. The van der Waals surface area contributed by atoms with Crippen molar-refractivity contribution in [3.63, 3.8) is 0 Å². The number of rotatable bonds is 1. The fraction of sp³-hybridized carbons (Fsp3) is 0.400. The normalized spacial score (nSPS) is 22.8. The summed E-state index contributed by atoms with van der Waals surface area (Å²) in [4.78, 5) is 0. The lowest BCUT2D eigenvalue weighted by Crippen LogP contribution is -1.97. The van der Waals surface area contributed by atoms with Crippen LogP contribution >= 0.6 is 0 Å². The molecule has 0 spiro atoms. The first-order chi connectivity index (χ1) is 7.90. The molecule has 0 fully saturated rings. The molecule has 1 unspecified atom stereocenters. The lowest BCUT2D eigenvalue weighted by Gasteiger charge is -2.15. The fourth-order valence-corrected chi connectivity index (χ4v) is 2.24. The van der Waals surface area contributed by atoms with E-state index in [-0.39, 0.29) is 0 Å². The van der Waals surface area contributed by atoms with Gasteiger partial charge in [-0.2, -0.15) is 5.26 Å². The predicted octanol–water partition coefficient (Wildman–Crippen LogP) is 4.16. The molecule has 2 rings (SSSR count). The van der Waals surface area contributed by atoms with E-state index in [4.69, 9.17) is 5.26 Å². The summed E-state index contributed by atoms with van der Waals surface area (Å²) >= 11 is 0. The molecule has 0 amide bonds. The van der Waals surface area contributed by atoms with Crippen LogP contribution in [0.2, 0.25) is 0 Å². The van der Waals surface area contributed by atoms with Crippen LogP contribution < -0.4 is 0 Å². The smallest absolute Gasteiger partial charge is 0.0991 e. The molecule has 1 aliphatic rings. The summed E-state index contributed by atoms with van der Waals surface area (Å²) in [5.41, 5.74) is 2.09. The van der Waals surface area contributed by atoms with E-state index in [9.17, 15) is 0 Å². The molecule has 1 aliphatic carbocycles. The van der Waals surface area contributed by atoms with Crippen molar-refractivity contribution in [3.8, 4) is 6.07 Å². The minimum absolute atomic E-state index is 0.549. The summed E-state index contributed by atoms with van der Waals surface area (Å²) in [6.45, 7) is 0. The van der Waals surface area contributed by atoms with E-state index in [1.807, 2.05) is 12.1 Å². The molecule has 0 saturated carbocycles. The minimum atomic E-state index is 0.549. The van der Waals surface area contributed by atoms with Crippen molar-refractivity contribution in [3.05, 3.63) is 47.5 Å². The lowest BCUT2D eigenvalue weighted by molar-refractivity contribution is 0.598. The van der Waals surface area contributed by atoms with Crippen molar-refractivity contribution >= 4 is 0 Å². The number of benzene rings is 1. The maximum atomic E-state index is 8.76. The Balaban J connectivity index is 2.15. The van der Waals surface area contributed by atoms with Gasteiger partial charge < -0.3 is 0 Å². The highest BCUT2D eigenvalue weighted by Gasteiger charge is 2.09. The molecule has 0 radical (unpaired) electrons. The van der Waals surface area contributed by atoms with Crippen LogP contribution in [0.5, 0.6) is 0 Å². The van der Waals surface area contributed by atoms with Crippen LogP contribution in [0.15, 0.2) is 36.4 Å². The minimum Gasteiger partial charge on any atom is -0.192 e. The van der Waals surface area contributed by atoms with Gasteiger partial charge in [0.2, 0.25) is 0 Å². The first kappa shape index (κ1) is 11.0. The van der Waals surface area contributed by atoms with Gasteiger partial charge in [0.15, 0.2) is 0 Å². The molecular formula is C15H17N. The van der Waals surface area contributed by atoms with Gasteiger partial charge in [-0.3, -0.25) is 0 Å². The molecule has 0 aromatic heterocycles. The first-order valence-corrected chi connectivity index (χ1v) is 6.07. The Kier molecular flexibility index (Phi) is 3.77. The number of nitriles is 1. The second-order valence-electron chi connectivity index (χ2n) is 4.41. The van der Waals surface area contributed by atoms with Gasteiger partial charge in [-0.15, -0.1) is 0 Å². The fourth-order valence-electron chi connectivity index (χ4n) is 2.24. The van der Waals surface area contributed by atoms with E-state index in [0.29, 0.717) is 5.92 Å². The number of hydrogen-bond donors (Lipinski definition) is 0. The molecule has 0 heterocycles. The monoisotopic (exact) mass is 211 g/mol. The maximum Gasteiger partial charge on any atom is 0.0991 e. The Morgan fingerprint density at radius 1 is 1.06 bits per heavy atom. The highest BCUT2D eigenvalue weighted by Crippen LogP contribution is 2.26. The van der Waals surface area contributed by atoms with E-state index >= 15 is 0 Å². The first-order valence-electron chi connectivity index (χ1n) is 6.07. The van der Waals surface area contributed by atoms with Crippen molar-refractivity contribution in [2.75, 3.05) is 0 Å². The van der Waals surface area contributed by atoms with Crippen LogP contribution in [0, 0.1) is 11.3 Å². The van der Waals surface area contributed by atoms with E-state index in [2.05, 4.69) is 30.4 Å². The van der Waals surface area contributed by atoms with Gasteiger partial charge in [0.05, 0.1) is 11.6 Å². The average molecular weight is 211 g/mol. The Morgan fingerprint density at radius 3 is 2.62 bits per heavy atom. The zero-order chi connectivity index (χ0) is 11.2. The molecule has 1 heteroatoms. The van der Waals surface area contributed by atoms with Crippen LogP contribution in [0.3, 0.4) is 0 Å². The van der Waals surface area contributed by atoms with Crippen molar-refractivity contribution in [2.45, 2.75) is 38.0 Å². The molecule has 0 aliphatic heterocycles. The van der Waals surface area contributed by atoms with Crippen molar-refractivity contribution in [2.24, 2.45) is 0 Å². The van der Waals surface area contributed by atoms with Crippen LogP contribution in [-0.2, 0) is 0 Å². The molecular weight excluding hydrogens is 194 g/mol. The van der Waals surface area contributed by atoms with Gasteiger partial charge in [0.25, 0.3) is 0 Å². The third-order valence-electron chi connectivity index (χ3n) is 3.22. The van der Waals surface area contributed by atoms with E-state index < -0.39 is 0 Å². The summed E-state index contributed by atoms with van der Waals surface area (Å²) in [6.07, 6.45) is 11.1. The summed E-state index contributed by atoms with van der Waals surface area (Å²) < 4.78 is 0. The maximum absolute atomic E-state index is 8.76. The van der Waals surface area contributed by atoms with Crippen molar-refractivity contribution in [1.29, 1.82) is 5.26 Å². The van der Waals surface area contributed by atoms with Gasteiger partial charge in [-0.1, -0.05) is 37.1 Å². The average Bonchev–Trinajstić information content (AvgIpc) is 2.29. The number of nitrogens with zero attached hydrogens (tertiary/aromatic N) is 1. The molecule has 0 N–H and O–H groups in total. The second kappa shape index (κ2) is 5.51. The Bertz CT molecular complexity index is 394. The van der Waals surface area contributed by atoms with Gasteiger partial charge in [0, 0.05) is 5.92 Å². The van der Waals surface area contributed by atoms with Gasteiger partial charge in [-0.25, -0.2) is 0 Å². The Morgan fingerprint density at radius 2 is 1.88 bits per heavy atom. The Labute approximate surface area is 97.4 Å². The number of allylic oxidation sites excluding steroid dienone is 2. The standard InChI is InChI=1S/C15H17N/c16-12-13-8-10-15(11-9-13)14-6-4-2-1-3-5-7-14/h4,6,8-11,14H,1-3,5,7H2/b6-4-. The highest BCUT2D eigenvalue weighted by atomic mass is 14.2. The molecule has 0 saturated heterocycles. The zero-order valence-electron chi connectivity index (χ0n) is 9.52. The van der Waals surface area contributed by atoms with Crippen LogP contribution in [0.4, 0.5) is 0 Å². The quantitative estimate of drug-likeness (QED) is 0.640. The topological polar surface area (TPSA) is 23.8 Å². The highest BCUT2D eigenvalue weighted by molar-refractivity contribution is 5.34.